The molecule has 0 fully saturated rings. The van der Waals surface area contributed by atoms with Gasteiger partial charge in [0, 0.05) is 11.9 Å². The van der Waals surface area contributed by atoms with Gasteiger partial charge in [-0.3, -0.25) is 0 Å². The number of hydrogen-bond donors (Lipinski definition) is 1. The number of hydrogen-bond acceptors (Lipinski definition) is 4. The van der Waals surface area contributed by atoms with Crippen LogP contribution in [0.3, 0.4) is 0 Å². The van der Waals surface area contributed by atoms with E-state index in [1.807, 2.05) is 16.9 Å². The van der Waals surface area contributed by atoms with E-state index in [9.17, 15) is 0 Å². The third kappa shape index (κ3) is 3.20. The van der Waals surface area contributed by atoms with Crippen LogP contribution in [-0.4, -0.2) is 20.0 Å². The molecule has 96 valence electrons. The molecule has 2 heterocycles. The van der Waals surface area contributed by atoms with Gasteiger partial charge in [0.05, 0.1) is 18.3 Å². The highest BCUT2D eigenvalue weighted by molar-refractivity contribution is 6.29. The first-order chi connectivity index (χ1) is 8.45. The molecule has 0 atom stereocenters. The van der Waals surface area contributed by atoms with Crippen LogP contribution >= 0.6 is 11.6 Å². The molecular weight excluding hydrogens is 250 g/mol. The highest BCUT2D eigenvalue weighted by Crippen LogP contribution is 2.14. The summed E-state index contributed by atoms with van der Waals surface area (Å²) in [5.74, 6) is 0. The molecule has 2 rings (SSSR count). The van der Waals surface area contributed by atoms with Gasteiger partial charge >= 0.3 is 0 Å². The molecule has 0 aromatic carbocycles. The van der Waals surface area contributed by atoms with Crippen LogP contribution < -0.4 is 5.32 Å². The number of halogens is 1. The Hall–Kier alpha value is -1.62. The molecule has 0 aliphatic carbocycles. The summed E-state index contributed by atoms with van der Waals surface area (Å²) in [6, 6.07) is 3.63. The smallest absolute Gasteiger partial charge is 0.131 e. The normalized spacial score (nSPS) is 11.6. The Morgan fingerprint density at radius 2 is 2.17 bits per heavy atom. The van der Waals surface area contributed by atoms with Crippen molar-refractivity contribution in [2.24, 2.45) is 0 Å². The van der Waals surface area contributed by atoms with Crippen molar-refractivity contribution >= 4 is 17.3 Å². The third-order valence-electron chi connectivity index (χ3n) is 2.43. The number of pyridine rings is 1. The predicted molar refractivity (Wildman–Crippen MR) is 71.6 cm³/mol. The second kappa shape index (κ2) is 4.94. The largest absolute Gasteiger partial charge is 0.379 e. The zero-order valence-corrected chi connectivity index (χ0v) is 11.4. The van der Waals surface area contributed by atoms with Gasteiger partial charge in [-0.15, -0.1) is 5.10 Å². The number of anilines is 1. The summed E-state index contributed by atoms with van der Waals surface area (Å²) < 4.78 is 1.85. The summed E-state index contributed by atoms with van der Waals surface area (Å²) in [5, 5.41) is 11.9. The number of aromatic nitrogens is 4. The summed E-state index contributed by atoms with van der Waals surface area (Å²) in [4.78, 5) is 3.92. The summed E-state index contributed by atoms with van der Waals surface area (Å²) in [7, 11) is 0. The molecule has 0 saturated heterocycles. The van der Waals surface area contributed by atoms with Crippen LogP contribution in [0.25, 0.3) is 0 Å². The Bertz CT molecular complexity index is 529. The van der Waals surface area contributed by atoms with E-state index in [0.29, 0.717) is 11.7 Å². The molecular formula is C12H16ClN5. The van der Waals surface area contributed by atoms with Crippen LogP contribution in [-0.2, 0) is 12.1 Å². The van der Waals surface area contributed by atoms with Crippen LogP contribution in [0.4, 0.5) is 5.69 Å². The van der Waals surface area contributed by atoms with E-state index in [1.54, 1.807) is 12.3 Å². The second-order valence-electron chi connectivity index (χ2n) is 5.05. The van der Waals surface area contributed by atoms with E-state index in [2.05, 4.69) is 41.4 Å². The molecule has 0 bridgehead atoms. The summed E-state index contributed by atoms with van der Waals surface area (Å²) in [5.41, 5.74) is 1.75. The minimum atomic E-state index is -0.0504. The van der Waals surface area contributed by atoms with Crippen molar-refractivity contribution in [2.45, 2.75) is 32.9 Å². The lowest BCUT2D eigenvalue weighted by molar-refractivity contribution is 0.347. The fourth-order valence-corrected chi connectivity index (χ4v) is 1.59. The van der Waals surface area contributed by atoms with Gasteiger partial charge in [0.15, 0.2) is 0 Å². The van der Waals surface area contributed by atoms with E-state index < -0.39 is 0 Å². The van der Waals surface area contributed by atoms with Crippen molar-refractivity contribution in [2.75, 3.05) is 5.32 Å². The lowest BCUT2D eigenvalue weighted by Crippen LogP contribution is -2.22. The molecule has 5 nitrogen and oxygen atoms in total. The quantitative estimate of drug-likeness (QED) is 0.867. The minimum absolute atomic E-state index is 0.0504. The van der Waals surface area contributed by atoms with E-state index in [4.69, 9.17) is 11.6 Å². The van der Waals surface area contributed by atoms with Crippen LogP contribution in [0.5, 0.6) is 0 Å². The molecule has 0 unspecified atom stereocenters. The van der Waals surface area contributed by atoms with Crippen molar-refractivity contribution in [3.8, 4) is 0 Å². The van der Waals surface area contributed by atoms with E-state index >= 15 is 0 Å². The van der Waals surface area contributed by atoms with Gasteiger partial charge in [-0.05, 0) is 32.9 Å². The lowest BCUT2D eigenvalue weighted by Gasteiger charge is -2.17. The Morgan fingerprint density at radius 3 is 2.78 bits per heavy atom. The average Bonchev–Trinajstić information content (AvgIpc) is 2.74. The fourth-order valence-electron chi connectivity index (χ4n) is 1.41. The van der Waals surface area contributed by atoms with Gasteiger partial charge in [0.25, 0.3) is 0 Å². The van der Waals surface area contributed by atoms with Gasteiger partial charge in [0.1, 0.15) is 10.8 Å². The first-order valence-electron chi connectivity index (χ1n) is 5.72. The zero-order chi connectivity index (χ0) is 13.2. The fraction of sp³-hybridized carbons (Fsp3) is 0.417. The van der Waals surface area contributed by atoms with Crippen LogP contribution in [0, 0.1) is 0 Å². The van der Waals surface area contributed by atoms with Gasteiger partial charge in [-0.1, -0.05) is 16.8 Å². The van der Waals surface area contributed by atoms with E-state index in [0.717, 1.165) is 11.4 Å². The average molecular weight is 266 g/mol. The molecule has 1 N–H and O–H groups in total. The van der Waals surface area contributed by atoms with Crippen molar-refractivity contribution in [1.82, 2.24) is 20.0 Å². The topological polar surface area (TPSA) is 55.6 Å². The molecule has 0 amide bonds. The van der Waals surface area contributed by atoms with Crippen molar-refractivity contribution < 1.29 is 0 Å². The van der Waals surface area contributed by atoms with Crippen molar-refractivity contribution in [3.63, 3.8) is 0 Å². The second-order valence-corrected chi connectivity index (χ2v) is 5.43. The maximum absolute atomic E-state index is 5.81. The third-order valence-corrected chi connectivity index (χ3v) is 2.64. The zero-order valence-electron chi connectivity index (χ0n) is 10.7. The number of rotatable bonds is 3. The lowest BCUT2D eigenvalue weighted by atomic mass is 10.1. The Labute approximate surface area is 111 Å². The molecule has 0 radical (unpaired) electrons. The van der Waals surface area contributed by atoms with Crippen molar-refractivity contribution in [3.05, 3.63) is 35.4 Å². The molecule has 0 spiro atoms. The SMILES string of the molecule is CC(C)(C)n1cc(CNc2ccnc(Cl)c2)nn1. The summed E-state index contributed by atoms with van der Waals surface area (Å²) in [6.07, 6.45) is 3.60. The highest BCUT2D eigenvalue weighted by Gasteiger charge is 2.14. The predicted octanol–water partition coefficient (Wildman–Crippen LogP) is 2.69. The Kier molecular flexibility index (Phi) is 3.52. The molecule has 6 heteroatoms. The highest BCUT2D eigenvalue weighted by atomic mass is 35.5. The first-order valence-corrected chi connectivity index (χ1v) is 6.10. The molecule has 18 heavy (non-hydrogen) atoms. The van der Waals surface area contributed by atoms with Gasteiger partial charge in [-0.2, -0.15) is 0 Å². The maximum atomic E-state index is 5.81. The molecule has 2 aromatic heterocycles. The number of nitrogens with one attached hydrogen (secondary N) is 1. The van der Waals surface area contributed by atoms with Gasteiger partial charge in [0.2, 0.25) is 0 Å². The van der Waals surface area contributed by atoms with Gasteiger partial charge in [-0.25, -0.2) is 9.67 Å². The standard InChI is InChI=1S/C12H16ClN5/c1-12(2,3)18-8-10(16-17-18)7-15-9-4-5-14-11(13)6-9/h4-6,8H,7H2,1-3H3,(H,14,15). The summed E-state index contributed by atoms with van der Waals surface area (Å²) >= 11 is 5.81. The summed E-state index contributed by atoms with van der Waals surface area (Å²) in [6.45, 7) is 6.86. The Morgan fingerprint density at radius 1 is 1.39 bits per heavy atom. The van der Waals surface area contributed by atoms with Gasteiger partial charge < -0.3 is 5.32 Å². The molecule has 0 saturated carbocycles. The molecule has 0 aliphatic rings. The van der Waals surface area contributed by atoms with E-state index in [-0.39, 0.29) is 5.54 Å². The monoisotopic (exact) mass is 265 g/mol. The molecule has 2 aromatic rings. The van der Waals surface area contributed by atoms with Crippen LogP contribution in [0.2, 0.25) is 5.15 Å². The van der Waals surface area contributed by atoms with Crippen LogP contribution in [0.1, 0.15) is 26.5 Å². The maximum Gasteiger partial charge on any atom is 0.131 e. The van der Waals surface area contributed by atoms with Crippen molar-refractivity contribution in [1.29, 1.82) is 0 Å². The molecule has 0 aliphatic heterocycles. The first kappa shape index (κ1) is 12.8. The number of nitrogens with zero attached hydrogens (tertiary/aromatic N) is 4. The minimum Gasteiger partial charge on any atom is -0.379 e. The van der Waals surface area contributed by atoms with E-state index in [1.165, 1.54) is 0 Å². The van der Waals surface area contributed by atoms with Crippen LogP contribution in [0.15, 0.2) is 24.5 Å². The Balaban J connectivity index is 2.01.